The van der Waals surface area contributed by atoms with Crippen molar-refractivity contribution in [1.29, 1.82) is 0 Å². The van der Waals surface area contributed by atoms with E-state index in [1.54, 1.807) is 12.1 Å². The second kappa shape index (κ2) is 9.96. The molecule has 2 aliphatic rings. The fourth-order valence-corrected chi connectivity index (χ4v) is 5.49. The van der Waals surface area contributed by atoms with Crippen LogP contribution in [0.15, 0.2) is 18.2 Å². The lowest BCUT2D eigenvalue weighted by molar-refractivity contribution is 0.152. The van der Waals surface area contributed by atoms with Gasteiger partial charge >= 0.3 is 0 Å². The Morgan fingerprint density at radius 1 is 1.04 bits per heavy atom. The first-order chi connectivity index (χ1) is 13.1. The van der Waals surface area contributed by atoms with E-state index in [-0.39, 0.29) is 10.8 Å². The van der Waals surface area contributed by atoms with E-state index in [2.05, 4.69) is 13.0 Å². The maximum Gasteiger partial charge on any atom is 0.152 e. The van der Waals surface area contributed by atoms with Gasteiger partial charge in [-0.15, -0.1) is 0 Å². The molecule has 0 heterocycles. The normalized spacial score (nSPS) is 29.2. The zero-order valence-corrected chi connectivity index (χ0v) is 17.6. The first-order valence-electron chi connectivity index (χ1n) is 10.8. The Bertz CT molecular complexity index is 626. The van der Waals surface area contributed by atoms with Gasteiger partial charge < -0.3 is 4.74 Å². The van der Waals surface area contributed by atoms with Crippen LogP contribution in [0.4, 0.5) is 4.39 Å². The molecule has 2 aliphatic carbocycles. The zero-order chi connectivity index (χ0) is 19.2. The van der Waals surface area contributed by atoms with Crippen LogP contribution in [0, 0.1) is 29.5 Å². The quantitative estimate of drug-likeness (QED) is 0.477. The Hall–Kier alpha value is -1.02. The molecule has 0 unspecified atom stereocenters. The second-order valence-corrected chi connectivity index (χ2v) is 8.97. The third-order valence-electron chi connectivity index (χ3n) is 6.92. The number of hydrogen-bond acceptors (Lipinski definition) is 1. The van der Waals surface area contributed by atoms with Gasteiger partial charge in [0.1, 0.15) is 10.8 Å². The average molecular weight is 393 g/mol. The summed E-state index contributed by atoms with van der Waals surface area (Å²) in [5.74, 6) is 3.45. The van der Waals surface area contributed by atoms with Gasteiger partial charge in [0.25, 0.3) is 0 Å². The molecular formula is C24H34ClFO. The molecule has 0 aromatic heterocycles. The number of methoxy groups -OCH3 is 1. The van der Waals surface area contributed by atoms with Crippen LogP contribution < -0.4 is 4.74 Å². The van der Waals surface area contributed by atoms with Crippen LogP contribution in [0.3, 0.4) is 0 Å². The molecule has 1 aromatic carbocycles. The lowest BCUT2D eigenvalue weighted by Gasteiger charge is -2.37. The molecule has 0 N–H and O–H groups in total. The molecule has 2 fully saturated rings. The van der Waals surface area contributed by atoms with E-state index in [1.807, 2.05) is 6.08 Å². The van der Waals surface area contributed by atoms with Gasteiger partial charge in [-0.25, -0.2) is 4.39 Å². The minimum atomic E-state index is -0.384. The lowest BCUT2D eigenvalue weighted by atomic mass is 9.68. The third-order valence-corrected chi connectivity index (χ3v) is 7.27. The first kappa shape index (κ1) is 20.7. The van der Waals surface area contributed by atoms with Crippen molar-refractivity contribution in [3.05, 3.63) is 34.6 Å². The Morgan fingerprint density at radius 2 is 1.67 bits per heavy atom. The smallest absolute Gasteiger partial charge is 0.152 e. The van der Waals surface area contributed by atoms with Crippen molar-refractivity contribution in [2.45, 2.75) is 71.1 Å². The van der Waals surface area contributed by atoms with Gasteiger partial charge in [-0.1, -0.05) is 56.4 Å². The highest BCUT2D eigenvalue weighted by atomic mass is 35.5. The van der Waals surface area contributed by atoms with Crippen LogP contribution in [-0.2, 0) is 0 Å². The molecule has 0 atom stereocenters. The second-order valence-electron chi connectivity index (χ2n) is 8.59. The third kappa shape index (κ3) is 5.28. The molecule has 150 valence electrons. The molecule has 0 bridgehead atoms. The average Bonchev–Trinajstić information content (AvgIpc) is 2.70. The van der Waals surface area contributed by atoms with Crippen molar-refractivity contribution in [2.24, 2.45) is 23.7 Å². The summed E-state index contributed by atoms with van der Waals surface area (Å²) >= 11 is 6.02. The molecule has 0 aliphatic heterocycles. The summed E-state index contributed by atoms with van der Waals surface area (Å²) in [6.45, 7) is 2.31. The number of benzene rings is 1. The summed E-state index contributed by atoms with van der Waals surface area (Å²) in [5, 5.41) is 0.0713. The number of halogens is 2. The maximum absolute atomic E-state index is 14.3. The van der Waals surface area contributed by atoms with Gasteiger partial charge in [-0.05, 0) is 74.3 Å². The molecule has 0 saturated heterocycles. The van der Waals surface area contributed by atoms with Crippen molar-refractivity contribution >= 4 is 17.7 Å². The van der Waals surface area contributed by atoms with Gasteiger partial charge in [-0.3, -0.25) is 0 Å². The fraction of sp³-hybridized carbons (Fsp3) is 0.667. The topological polar surface area (TPSA) is 9.23 Å². The highest BCUT2D eigenvalue weighted by Gasteiger charge is 2.30. The Balaban J connectivity index is 1.49. The number of allylic oxidation sites excluding steroid dienone is 1. The highest BCUT2D eigenvalue weighted by Crippen LogP contribution is 2.42. The molecule has 0 spiro atoms. The number of ether oxygens (including phenoxy) is 1. The minimum Gasteiger partial charge on any atom is -0.495 e. The fourth-order valence-electron chi connectivity index (χ4n) is 5.24. The molecule has 27 heavy (non-hydrogen) atoms. The van der Waals surface area contributed by atoms with E-state index in [0.717, 1.165) is 17.8 Å². The Morgan fingerprint density at radius 3 is 2.26 bits per heavy atom. The molecule has 0 amide bonds. The molecule has 0 radical (unpaired) electrons. The van der Waals surface area contributed by atoms with Crippen LogP contribution >= 0.6 is 11.6 Å². The molecule has 2 saturated carbocycles. The number of rotatable bonds is 6. The van der Waals surface area contributed by atoms with E-state index >= 15 is 0 Å². The summed E-state index contributed by atoms with van der Waals surface area (Å²) in [4.78, 5) is 0. The SMILES string of the molecule is CCCC1CCC(C2CCC(/C=C/c3ccc(OC)c(Cl)c3F)CC2)CC1. The molecule has 3 rings (SSSR count). The summed E-state index contributed by atoms with van der Waals surface area (Å²) in [6, 6.07) is 3.48. The largest absolute Gasteiger partial charge is 0.495 e. The molecule has 3 heteroatoms. The van der Waals surface area contributed by atoms with Crippen LogP contribution in [-0.4, -0.2) is 7.11 Å². The summed E-state index contributed by atoms with van der Waals surface area (Å²) in [6.07, 6.45) is 17.8. The van der Waals surface area contributed by atoms with E-state index in [9.17, 15) is 4.39 Å². The molecular weight excluding hydrogens is 359 g/mol. The highest BCUT2D eigenvalue weighted by molar-refractivity contribution is 6.32. The first-order valence-corrected chi connectivity index (χ1v) is 11.2. The van der Waals surface area contributed by atoms with Gasteiger partial charge in [0.05, 0.1) is 7.11 Å². The Kier molecular flexibility index (Phi) is 7.64. The van der Waals surface area contributed by atoms with Crippen molar-refractivity contribution in [2.75, 3.05) is 7.11 Å². The molecule has 1 nitrogen and oxygen atoms in total. The predicted octanol–water partition coefficient (Wildman–Crippen LogP) is 7.91. The summed E-state index contributed by atoms with van der Waals surface area (Å²) in [5.41, 5.74) is 0.553. The van der Waals surface area contributed by atoms with Crippen LogP contribution in [0.1, 0.15) is 76.7 Å². The van der Waals surface area contributed by atoms with Gasteiger partial charge in [0.2, 0.25) is 0 Å². The van der Waals surface area contributed by atoms with E-state index < -0.39 is 0 Å². The van der Waals surface area contributed by atoms with Crippen LogP contribution in [0.25, 0.3) is 6.08 Å². The van der Waals surface area contributed by atoms with Gasteiger partial charge in [0.15, 0.2) is 5.82 Å². The van der Waals surface area contributed by atoms with Gasteiger partial charge in [-0.2, -0.15) is 0 Å². The minimum absolute atomic E-state index is 0.0713. The zero-order valence-electron chi connectivity index (χ0n) is 16.9. The van der Waals surface area contributed by atoms with Crippen molar-refractivity contribution < 1.29 is 9.13 Å². The van der Waals surface area contributed by atoms with Crippen LogP contribution in [0.2, 0.25) is 5.02 Å². The van der Waals surface area contributed by atoms with Gasteiger partial charge in [0, 0.05) is 5.56 Å². The molecule has 1 aromatic rings. The Labute approximate surface area is 169 Å². The lowest BCUT2D eigenvalue weighted by Crippen LogP contribution is -2.25. The van der Waals surface area contributed by atoms with Crippen molar-refractivity contribution in [3.8, 4) is 5.75 Å². The summed E-state index contributed by atoms with van der Waals surface area (Å²) in [7, 11) is 1.50. The van der Waals surface area contributed by atoms with Crippen LogP contribution in [0.5, 0.6) is 5.75 Å². The maximum atomic E-state index is 14.3. The van der Waals surface area contributed by atoms with E-state index in [4.69, 9.17) is 16.3 Å². The number of hydrogen-bond donors (Lipinski definition) is 0. The summed E-state index contributed by atoms with van der Waals surface area (Å²) < 4.78 is 19.4. The van der Waals surface area contributed by atoms with E-state index in [1.165, 1.54) is 71.3 Å². The predicted molar refractivity (Wildman–Crippen MR) is 113 cm³/mol. The monoisotopic (exact) mass is 392 g/mol. The van der Waals surface area contributed by atoms with Crippen molar-refractivity contribution in [1.82, 2.24) is 0 Å². The van der Waals surface area contributed by atoms with E-state index in [0.29, 0.717) is 17.2 Å². The van der Waals surface area contributed by atoms with Crippen molar-refractivity contribution in [3.63, 3.8) is 0 Å². The standard InChI is InChI=1S/C24H34ClFO/c1-3-4-17-5-10-19(11-6-17)20-12-7-18(8-13-20)9-14-21-15-16-22(27-2)23(25)24(21)26/h9,14-20H,3-8,10-13H2,1-2H3/b14-9+.